The minimum absolute atomic E-state index is 0.128. The minimum atomic E-state index is -0.560. The predicted molar refractivity (Wildman–Crippen MR) is 102 cm³/mol. The number of likely N-dealkylation sites (tertiary alicyclic amines) is 1. The number of thiazole rings is 1. The molecule has 146 valence electrons. The van der Waals surface area contributed by atoms with Crippen molar-refractivity contribution in [3.05, 3.63) is 11.6 Å². The van der Waals surface area contributed by atoms with Crippen molar-refractivity contribution in [3.63, 3.8) is 0 Å². The first kappa shape index (κ1) is 18.4. The number of aromatic nitrogens is 1. The van der Waals surface area contributed by atoms with Gasteiger partial charge in [0, 0.05) is 43.7 Å². The SMILES string of the molecule is CC1(C)[C@H]2CC[C@]1(C)C(=O)N(CC(=O)N1CCN(c3nccs3)CC1)C2=O. The van der Waals surface area contributed by atoms with E-state index >= 15 is 0 Å². The Hall–Kier alpha value is -1.96. The number of piperazine rings is 1. The summed E-state index contributed by atoms with van der Waals surface area (Å²) in [5, 5.41) is 2.91. The molecule has 1 aromatic heterocycles. The fraction of sp³-hybridized carbons (Fsp3) is 0.684. The highest BCUT2D eigenvalue weighted by molar-refractivity contribution is 7.13. The largest absolute Gasteiger partial charge is 0.345 e. The molecule has 2 atom stereocenters. The summed E-state index contributed by atoms with van der Waals surface area (Å²) in [6, 6.07) is 0. The molecule has 1 aromatic rings. The Bertz CT molecular complexity index is 770. The third kappa shape index (κ3) is 2.68. The number of imide groups is 1. The number of hydrogen-bond donors (Lipinski definition) is 0. The molecule has 0 spiro atoms. The maximum Gasteiger partial charge on any atom is 0.242 e. The maximum absolute atomic E-state index is 13.1. The first-order valence-electron chi connectivity index (χ1n) is 9.54. The van der Waals surface area contributed by atoms with Gasteiger partial charge in [0.2, 0.25) is 17.7 Å². The average molecular weight is 391 g/mol. The first-order valence-corrected chi connectivity index (χ1v) is 10.4. The number of hydrogen-bond acceptors (Lipinski definition) is 6. The van der Waals surface area contributed by atoms with Crippen molar-refractivity contribution in [2.75, 3.05) is 37.6 Å². The van der Waals surface area contributed by atoms with Crippen molar-refractivity contribution in [2.45, 2.75) is 33.6 Å². The smallest absolute Gasteiger partial charge is 0.242 e. The molecule has 7 nitrogen and oxygen atoms in total. The molecule has 3 heterocycles. The Morgan fingerprint density at radius 1 is 1.22 bits per heavy atom. The number of nitrogens with zero attached hydrogens (tertiary/aromatic N) is 4. The van der Waals surface area contributed by atoms with Crippen LogP contribution in [0.5, 0.6) is 0 Å². The molecule has 0 N–H and O–H groups in total. The highest BCUT2D eigenvalue weighted by Crippen LogP contribution is 2.59. The van der Waals surface area contributed by atoms with E-state index < -0.39 is 5.41 Å². The van der Waals surface area contributed by atoms with Gasteiger partial charge in [0.1, 0.15) is 6.54 Å². The van der Waals surface area contributed by atoms with Gasteiger partial charge in [0.15, 0.2) is 5.13 Å². The zero-order chi connectivity index (χ0) is 19.4. The lowest BCUT2D eigenvalue weighted by Gasteiger charge is -2.47. The molecule has 3 aliphatic rings. The van der Waals surface area contributed by atoms with E-state index in [-0.39, 0.29) is 35.6 Å². The van der Waals surface area contributed by atoms with Crippen LogP contribution < -0.4 is 4.90 Å². The van der Waals surface area contributed by atoms with Crippen molar-refractivity contribution in [2.24, 2.45) is 16.7 Å². The Morgan fingerprint density at radius 2 is 1.93 bits per heavy atom. The van der Waals surface area contributed by atoms with E-state index in [1.54, 1.807) is 22.4 Å². The van der Waals surface area contributed by atoms with Gasteiger partial charge < -0.3 is 9.80 Å². The van der Waals surface area contributed by atoms with Crippen molar-refractivity contribution in [3.8, 4) is 0 Å². The fourth-order valence-electron chi connectivity index (χ4n) is 4.81. The fourth-order valence-corrected chi connectivity index (χ4v) is 5.50. The molecule has 27 heavy (non-hydrogen) atoms. The average Bonchev–Trinajstić information content (AvgIpc) is 3.24. The molecule has 2 bridgehead atoms. The van der Waals surface area contributed by atoms with Crippen LogP contribution in [0.3, 0.4) is 0 Å². The van der Waals surface area contributed by atoms with E-state index in [1.807, 2.05) is 26.2 Å². The van der Waals surface area contributed by atoms with E-state index in [1.165, 1.54) is 4.90 Å². The van der Waals surface area contributed by atoms with Gasteiger partial charge in [-0.15, -0.1) is 11.3 Å². The summed E-state index contributed by atoms with van der Waals surface area (Å²) in [6.07, 6.45) is 3.22. The van der Waals surface area contributed by atoms with Crippen molar-refractivity contribution in [1.82, 2.24) is 14.8 Å². The lowest BCUT2D eigenvalue weighted by molar-refractivity contribution is -0.170. The van der Waals surface area contributed by atoms with E-state index in [0.29, 0.717) is 32.6 Å². The molecule has 1 saturated carbocycles. The molecule has 0 radical (unpaired) electrons. The maximum atomic E-state index is 13.1. The predicted octanol–water partition coefficient (Wildman–Crippen LogP) is 1.60. The van der Waals surface area contributed by atoms with Gasteiger partial charge in [-0.25, -0.2) is 4.98 Å². The van der Waals surface area contributed by atoms with Crippen LogP contribution in [0.15, 0.2) is 11.6 Å². The Morgan fingerprint density at radius 3 is 2.56 bits per heavy atom. The van der Waals surface area contributed by atoms with Gasteiger partial charge in [-0.1, -0.05) is 20.8 Å². The van der Waals surface area contributed by atoms with Crippen molar-refractivity contribution >= 4 is 34.2 Å². The third-order valence-corrected chi connectivity index (χ3v) is 7.96. The van der Waals surface area contributed by atoms with Crippen LogP contribution in [0.4, 0.5) is 5.13 Å². The van der Waals surface area contributed by atoms with Crippen molar-refractivity contribution < 1.29 is 14.4 Å². The Balaban J connectivity index is 1.42. The highest BCUT2D eigenvalue weighted by atomic mass is 32.1. The molecule has 0 aromatic carbocycles. The molecule has 3 fully saturated rings. The summed E-state index contributed by atoms with van der Waals surface area (Å²) in [7, 11) is 0. The van der Waals surface area contributed by atoms with Crippen LogP contribution in [0.2, 0.25) is 0 Å². The lowest BCUT2D eigenvalue weighted by Crippen LogP contribution is -2.61. The van der Waals surface area contributed by atoms with Crippen LogP contribution in [-0.2, 0) is 14.4 Å². The molecular formula is C19H26N4O3S. The number of rotatable bonds is 3. The molecule has 0 unspecified atom stereocenters. The van der Waals surface area contributed by atoms with Gasteiger partial charge in [-0.05, 0) is 18.3 Å². The summed E-state index contributed by atoms with van der Waals surface area (Å²) in [5.41, 5.74) is -0.907. The monoisotopic (exact) mass is 390 g/mol. The molecular weight excluding hydrogens is 364 g/mol. The summed E-state index contributed by atoms with van der Waals surface area (Å²) in [5.74, 6) is -0.663. The summed E-state index contributed by atoms with van der Waals surface area (Å²) < 4.78 is 0. The standard InChI is InChI=1S/C19H26N4O3S/c1-18(2)13-4-5-19(18,3)16(26)23(15(13)25)12-14(24)21-7-9-22(10-8-21)17-20-6-11-27-17/h6,11,13H,4-5,7-10,12H2,1-3H3/t13-,19+/m0/s1. The normalized spacial score (nSPS) is 30.2. The van der Waals surface area contributed by atoms with Crippen LogP contribution in [-0.4, -0.2) is 65.2 Å². The summed E-state index contributed by atoms with van der Waals surface area (Å²) >= 11 is 1.59. The number of carbonyl (C=O) groups excluding carboxylic acids is 3. The highest BCUT2D eigenvalue weighted by Gasteiger charge is 2.64. The molecule has 4 rings (SSSR count). The topological polar surface area (TPSA) is 73.8 Å². The number of piperidine rings is 1. The van der Waals surface area contributed by atoms with E-state index in [2.05, 4.69) is 9.88 Å². The van der Waals surface area contributed by atoms with Crippen LogP contribution >= 0.6 is 11.3 Å². The number of carbonyl (C=O) groups is 3. The minimum Gasteiger partial charge on any atom is -0.345 e. The second-order valence-electron chi connectivity index (χ2n) is 8.56. The summed E-state index contributed by atoms with van der Waals surface area (Å²) in [6.45, 7) is 8.45. The number of fused-ring (bicyclic) bond motifs is 2. The molecule has 3 amide bonds. The van der Waals surface area contributed by atoms with Gasteiger partial charge >= 0.3 is 0 Å². The van der Waals surface area contributed by atoms with Crippen molar-refractivity contribution in [1.29, 1.82) is 0 Å². The second-order valence-corrected chi connectivity index (χ2v) is 9.43. The van der Waals surface area contributed by atoms with Gasteiger partial charge in [0.25, 0.3) is 0 Å². The molecule has 1 aliphatic carbocycles. The number of anilines is 1. The quantitative estimate of drug-likeness (QED) is 0.733. The second kappa shape index (κ2) is 6.29. The van der Waals surface area contributed by atoms with Gasteiger partial charge in [-0.3, -0.25) is 19.3 Å². The lowest BCUT2D eigenvalue weighted by atomic mass is 9.62. The van der Waals surface area contributed by atoms with Gasteiger partial charge in [0.05, 0.1) is 5.41 Å². The van der Waals surface area contributed by atoms with E-state index in [9.17, 15) is 14.4 Å². The third-order valence-electron chi connectivity index (χ3n) is 7.12. The molecule has 2 saturated heterocycles. The van der Waals surface area contributed by atoms with Crippen LogP contribution in [0.1, 0.15) is 33.6 Å². The molecule has 2 aliphatic heterocycles. The molecule has 8 heteroatoms. The van der Waals surface area contributed by atoms with Gasteiger partial charge in [-0.2, -0.15) is 0 Å². The Labute approximate surface area is 163 Å². The van der Waals surface area contributed by atoms with Crippen LogP contribution in [0.25, 0.3) is 0 Å². The Kier molecular flexibility index (Phi) is 4.29. The van der Waals surface area contributed by atoms with E-state index in [0.717, 1.165) is 11.6 Å². The zero-order valence-electron chi connectivity index (χ0n) is 16.1. The van der Waals surface area contributed by atoms with Crippen LogP contribution in [0, 0.1) is 16.7 Å². The zero-order valence-corrected chi connectivity index (χ0v) is 16.9. The van der Waals surface area contributed by atoms with E-state index in [4.69, 9.17) is 0 Å². The summed E-state index contributed by atoms with van der Waals surface area (Å²) in [4.78, 5) is 48.2. The number of amides is 3. The first-order chi connectivity index (χ1) is 12.8.